The fourth-order valence-corrected chi connectivity index (χ4v) is 4.58. The number of hydrogen-bond acceptors (Lipinski definition) is 7. The lowest BCUT2D eigenvalue weighted by molar-refractivity contribution is -0.150. The van der Waals surface area contributed by atoms with E-state index in [0.29, 0.717) is 12.0 Å². The average molecular weight is 506 g/mol. The van der Waals surface area contributed by atoms with Gasteiger partial charge in [0.25, 0.3) is 0 Å². The highest BCUT2D eigenvalue weighted by Crippen LogP contribution is 2.32. The summed E-state index contributed by atoms with van der Waals surface area (Å²) >= 11 is 0. The predicted octanol–water partition coefficient (Wildman–Crippen LogP) is 5.44. The van der Waals surface area contributed by atoms with Crippen LogP contribution in [0, 0.1) is 0 Å². The summed E-state index contributed by atoms with van der Waals surface area (Å²) in [7, 11) is 0. The zero-order valence-electron chi connectivity index (χ0n) is 22.2. The van der Waals surface area contributed by atoms with Gasteiger partial charge in [-0.2, -0.15) is 4.98 Å². The molecule has 0 radical (unpaired) electrons. The monoisotopic (exact) mass is 505 g/mol. The van der Waals surface area contributed by atoms with Crippen molar-refractivity contribution in [2.75, 3.05) is 12.3 Å². The van der Waals surface area contributed by atoms with Gasteiger partial charge in [0, 0.05) is 18.2 Å². The van der Waals surface area contributed by atoms with Gasteiger partial charge in [0.15, 0.2) is 6.23 Å². The van der Waals surface area contributed by atoms with Gasteiger partial charge in [-0.3, -0.25) is 9.36 Å². The van der Waals surface area contributed by atoms with Crippen molar-refractivity contribution < 1.29 is 19.4 Å². The van der Waals surface area contributed by atoms with Gasteiger partial charge in [-0.25, -0.2) is 4.79 Å². The lowest BCUT2D eigenvalue weighted by atomic mass is 10.0. The second-order valence-electron chi connectivity index (χ2n) is 9.97. The van der Waals surface area contributed by atoms with E-state index in [2.05, 4.69) is 18.5 Å². The molecule has 1 aliphatic heterocycles. The van der Waals surface area contributed by atoms with Crippen molar-refractivity contribution in [1.29, 1.82) is 0 Å². The molecule has 0 amide bonds. The van der Waals surface area contributed by atoms with E-state index in [1.165, 1.54) is 93.9 Å². The quantitative estimate of drug-likeness (QED) is 0.146. The largest absolute Gasteiger partial charge is 0.463 e. The van der Waals surface area contributed by atoms with Crippen molar-refractivity contribution in [3.63, 3.8) is 0 Å². The minimum atomic E-state index is -1.04. The molecule has 2 heterocycles. The molecule has 0 saturated carbocycles. The minimum absolute atomic E-state index is 0.0919. The third-order valence-electron chi connectivity index (χ3n) is 6.85. The summed E-state index contributed by atoms with van der Waals surface area (Å²) in [6.45, 7) is 5.99. The summed E-state index contributed by atoms with van der Waals surface area (Å²) < 4.78 is 12.2. The van der Waals surface area contributed by atoms with Crippen LogP contribution in [-0.4, -0.2) is 39.4 Å². The molecule has 1 aromatic heterocycles. The number of rotatable bonds is 19. The maximum Gasteiger partial charge on any atom is 0.351 e. The van der Waals surface area contributed by atoms with Crippen LogP contribution in [0.25, 0.3) is 0 Å². The third-order valence-corrected chi connectivity index (χ3v) is 6.85. The van der Waals surface area contributed by atoms with E-state index in [9.17, 15) is 14.7 Å². The number of aliphatic hydroxyl groups is 1. The number of unbranched alkanes of at least 4 members (excludes halogenated alkanes) is 14. The Morgan fingerprint density at radius 1 is 1.03 bits per heavy atom. The maximum atomic E-state index is 12.1. The number of esters is 1. The summed E-state index contributed by atoms with van der Waals surface area (Å²) in [5.74, 6) is -0.203. The van der Waals surface area contributed by atoms with Crippen LogP contribution in [0.5, 0.6) is 0 Å². The summed E-state index contributed by atoms with van der Waals surface area (Å²) in [6, 6.07) is 1.47. The highest BCUT2D eigenvalue weighted by Gasteiger charge is 2.39. The van der Waals surface area contributed by atoms with Gasteiger partial charge in [0.05, 0.1) is 0 Å². The molecule has 36 heavy (non-hydrogen) atoms. The smallest absolute Gasteiger partial charge is 0.351 e. The number of aromatic nitrogens is 2. The van der Waals surface area contributed by atoms with Crippen LogP contribution in [0.4, 0.5) is 5.82 Å². The van der Waals surface area contributed by atoms with Gasteiger partial charge >= 0.3 is 11.7 Å². The van der Waals surface area contributed by atoms with Crippen LogP contribution in [0.3, 0.4) is 0 Å². The number of nitrogens with two attached hydrogens (primary N) is 1. The molecule has 1 unspecified atom stereocenters. The number of anilines is 1. The molecule has 2 rings (SSSR count). The Morgan fingerprint density at radius 2 is 1.56 bits per heavy atom. The Labute approximate surface area is 216 Å². The molecule has 3 atom stereocenters. The Kier molecular flexibility index (Phi) is 14.4. The lowest BCUT2D eigenvalue weighted by Gasteiger charge is -2.15. The van der Waals surface area contributed by atoms with Gasteiger partial charge in [-0.15, -0.1) is 0 Å². The molecule has 0 bridgehead atoms. The molecule has 8 heteroatoms. The van der Waals surface area contributed by atoms with Crippen LogP contribution >= 0.6 is 0 Å². The fraction of sp³-hybridized carbons (Fsp3) is 0.750. The molecule has 1 fully saturated rings. The number of aliphatic hydroxyl groups excluding tert-OH is 1. The molecule has 0 spiro atoms. The molecule has 0 aromatic carbocycles. The van der Waals surface area contributed by atoms with Gasteiger partial charge in [0.2, 0.25) is 0 Å². The van der Waals surface area contributed by atoms with Crippen molar-refractivity contribution in [3.8, 4) is 0 Å². The lowest BCUT2D eigenvalue weighted by Crippen LogP contribution is -2.29. The van der Waals surface area contributed by atoms with Gasteiger partial charge in [-0.1, -0.05) is 103 Å². The van der Waals surface area contributed by atoms with Crippen LogP contribution in [-0.2, 0) is 14.3 Å². The second-order valence-corrected chi connectivity index (χ2v) is 9.97. The van der Waals surface area contributed by atoms with Gasteiger partial charge in [-0.05, 0) is 12.5 Å². The van der Waals surface area contributed by atoms with Gasteiger partial charge < -0.3 is 20.3 Å². The SMILES string of the molecule is C=C1C(O)[C@@H](COC(=O)CCCCCCCCCCCCCCCCC)O[C@H]1n1ccc(N)nc1=O. The van der Waals surface area contributed by atoms with Crippen molar-refractivity contribution in [1.82, 2.24) is 9.55 Å². The minimum Gasteiger partial charge on any atom is -0.463 e. The number of ether oxygens (including phenoxy) is 2. The highest BCUT2D eigenvalue weighted by molar-refractivity contribution is 5.69. The maximum absolute atomic E-state index is 12.1. The number of carbonyl (C=O) groups excluding carboxylic acids is 1. The van der Waals surface area contributed by atoms with Crippen molar-refractivity contribution in [2.24, 2.45) is 0 Å². The first-order chi connectivity index (χ1) is 17.4. The molecule has 1 aliphatic rings. The Morgan fingerprint density at radius 3 is 2.08 bits per heavy atom. The van der Waals surface area contributed by atoms with Crippen LogP contribution in [0.15, 0.2) is 29.2 Å². The van der Waals surface area contributed by atoms with Crippen LogP contribution in [0.1, 0.15) is 116 Å². The predicted molar refractivity (Wildman–Crippen MR) is 142 cm³/mol. The Balaban J connectivity index is 1.47. The van der Waals surface area contributed by atoms with Crippen LogP contribution in [0.2, 0.25) is 0 Å². The zero-order chi connectivity index (χ0) is 26.2. The van der Waals surface area contributed by atoms with Crippen molar-refractivity contribution in [2.45, 2.75) is 128 Å². The van der Waals surface area contributed by atoms with E-state index >= 15 is 0 Å². The molecule has 0 aliphatic carbocycles. The fourth-order valence-electron chi connectivity index (χ4n) is 4.58. The first kappa shape index (κ1) is 30.0. The summed E-state index contributed by atoms with van der Waals surface area (Å²) in [6.07, 6.45) is 18.2. The molecular formula is C28H47N3O5. The number of hydrogen-bond donors (Lipinski definition) is 2. The number of nitrogens with zero attached hydrogens (tertiary/aromatic N) is 2. The van der Waals surface area contributed by atoms with E-state index in [1.54, 1.807) is 0 Å². The first-order valence-electron chi connectivity index (χ1n) is 14.0. The zero-order valence-corrected chi connectivity index (χ0v) is 22.2. The van der Waals surface area contributed by atoms with E-state index in [4.69, 9.17) is 15.2 Å². The Hall–Kier alpha value is -2.19. The van der Waals surface area contributed by atoms with E-state index in [-0.39, 0.29) is 18.4 Å². The summed E-state index contributed by atoms with van der Waals surface area (Å²) in [5.41, 5.74) is 5.23. The molecule has 1 saturated heterocycles. The van der Waals surface area contributed by atoms with Crippen LogP contribution < -0.4 is 11.4 Å². The molecule has 1 aromatic rings. The third kappa shape index (κ3) is 10.8. The number of carbonyl (C=O) groups is 1. The second kappa shape index (κ2) is 17.3. The molecular weight excluding hydrogens is 458 g/mol. The molecule has 3 N–H and O–H groups in total. The summed E-state index contributed by atoms with van der Waals surface area (Å²) in [4.78, 5) is 27.8. The normalized spacial score (nSPS) is 19.6. The van der Waals surface area contributed by atoms with E-state index in [1.807, 2.05) is 0 Å². The topological polar surface area (TPSA) is 117 Å². The standard InChI is InChI=1S/C28H47N3O5/c1-3-4-5-6-7-8-9-10-11-12-13-14-15-16-17-18-25(32)35-21-23-26(33)22(2)27(36-23)31-20-19-24(29)30-28(31)34/h19-20,23,26-27,33H,2-18,21H2,1H3,(H2,29,30,34)/t23-,26?,27-/m1/s1. The van der Waals surface area contributed by atoms with E-state index < -0.39 is 24.1 Å². The molecule has 8 nitrogen and oxygen atoms in total. The molecule has 204 valence electrons. The average Bonchev–Trinajstić information content (AvgIpc) is 3.13. The first-order valence-corrected chi connectivity index (χ1v) is 14.0. The van der Waals surface area contributed by atoms with Crippen molar-refractivity contribution >= 4 is 11.8 Å². The number of nitrogen functional groups attached to an aromatic ring is 1. The Bertz CT molecular complexity index is 841. The highest BCUT2D eigenvalue weighted by atomic mass is 16.6. The van der Waals surface area contributed by atoms with Crippen molar-refractivity contribution in [3.05, 3.63) is 34.9 Å². The summed E-state index contributed by atoms with van der Waals surface area (Å²) in [5, 5.41) is 10.4. The van der Waals surface area contributed by atoms with Gasteiger partial charge in [0.1, 0.15) is 24.6 Å². The van der Waals surface area contributed by atoms with E-state index in [0.717, 1.165) is 19.3 Å².